The zero-order chi connectivity index (χ0) is 18.2. The molecule has 10 heteroatoms. The van der Waals surface area contributed by atoms with E-state index in [0.29, 0.717) is 29.5 Å². The van der Waals surface area contributed by atoms with Gasteiger partial charge in [0.15, 0.2) is 0 Å². The van der Waals surface area contributed by atoms with Crippen molar-refractivity contribution in [2.24, 2.45) is 15.0 Å². The lowest BCUT2D eigenvalue weighted by Gasteiger charge is -2.28. The second-order valence-corrected chi connectivity index (χ2v) is 10.3. The molecule has 0 saturated carbocycles. The highest BCUT2D eigenvalue weighted by Crippen LogP contribution is 2.34. The van der Waals surface area contributed by atoms with Gasteiger partial charge in [0.25, 0.3) is 0 Å². The molecular weight excluding hydrogens is 398 g/mol. The third-order valence-electron chi connectivity index (χ3n) is 3.35. The minimum Gasteiger partial charge on any atom is -0.211 e. The molecule has 0 aromatic rings. The van der Waals surface area contributed by atoms with Crippen LogP contribution in [0.25, 0.3) is 0 Å². The lowest BCUT2D eigenvalue weighted by Crippen LogP contribution is -2.23. The summed E-state index contributed by atoms with van der Waals surface area (Å²) in [7, 11) is 0. The fourth-order valence-electron chi connectivity index (χ4n) is 2.08. The van der Waals surface area contributed by atoms with Gasteiger partial charge in [0.1, 0.15) is 0 Å². The Morgan fingerprint density at radius 2 is 1.44 bits per heavy atom. The summed E-state index contributed by atoms with van der Waals surface area (Å²) >= 11 is 7.44. The van der Waals surface area contributed by atoms with E-state index < -0.39 is 0 Å². The summed E-state index contributed by atoms with van der Waals surface area (Å²) in [5.74, 6) is 4.82. The predicted octanol–water partition coefficient (Wildman–Crippen LogP) is 2.78. The van der Waals surface area contributed by atoms with Gasteiger partial charge in [-0.25, -0.2) is 24.4 Å². The Hall–Kier alpha value is -0.460. The van der Waals surface area contributed by atoms with Crippen LogP contribution in [-0.4, -0.2) is 76.0 Å². The van der Waals surface area contributed by atoms with Gasteiger partial charge in [-0.3, -0.25) is 0 Å². The number of hydrogen-bond acceptors (Lipinski definition) is 10. The number of nitrogens with zero attached hydrogens (tertiary/aromatic N) is 3. The van der Waals surface area contributed by atoms with Gasteiger partial charge < -0.3 is 0 Å². The van der Waals surface area contributed by atoms with Crippen LogP contribution >= 0.6 is 47.0 Å². The van der Waals surface area contributed by atoms with E-state index in [1.807, 2.05) is 23.5 Å². The van der Waals surface area contributed by atoms with Gasteiger partial charge in [-0.2, -0.15) is 40.3 Å². The zero-order valence-corrected chi connectivity index (χ0v) is 17.1. The number of rotatable bonds is 13. The van der Waals surface area contributed by atoms with Crippen molar-refractivity contribution in [1.82, 2.24) is 0 Å². The van der Waals surface area contributed by atoms with Crippen LogP contribution in [0.15, 0.2) is 15.0 Å². The predicted molar refractivity (Wildman–Crippen MR) is 109 cm³/mol. The Bertz CT molecular complexity index is 490. The summed E-state index contributed by atoms with van der Waals surface area (Å²) in [5.41, 5.74) is 0. The lowest BCUT2D eigenvalue weighted by atomic mass is 10.3. The van der Waals surface area contributed by atoms with Crippen molar-refractivity contribution in [3.05, 3.63) is 0 Å². The summed E-state index contributed by atoms with van der Waals surface area (Å²) in [5, 5.41) is 1.37. The molecule has 2 unspecified atom stereocenters. The summed E-state index contributed by atoms with van der Waals surface area (Å²) in [6.45, 7) is 0.694. The SMILES string of the molecule is O=C=NCSCCC1CSC(CCSC(CN=C=O)CN=C=O)CS1. The van der Waals surface area contributed by atoms with Crippen molar-refractivity contribution in [2.45, 2.75) is 28.6 Å². The molecule has 0 aromatic heterocycles. The number of carbonyl (C=O) groups excluding carboxylic acids is 3. The third kappa shape index (κ3) is 11.7. The number of hydrogen-bond donors (Lipinski definition) is 0. The highest BCUT2D eigenvalue weighted by atomic mass is 32.2. The van der Waals surface area contributed by atoms with Crippen LogP contribution in [0.2, 0.25) is 0 Å². The maximum atomic E-state index is 10.2. The van der Waals surface area contributed by atoms with E-state index in [1.165, 1.54) is 12.2 Å². The van der Waals surface area contributed by atoms with Crippen molar-refractivity contribution in [2.75, 3.05) is 42.0 Å². The molecular formula is C15H21N3O3S4. The maximum Gasteiger partial charge on any atom is 0.235 e. The molecule has 0 amide bonds. The van der Waals surface area contributed by atoms with Crippen LogP contribution in [0.5, 0.6) is 0 Å². The van der Waals surface area contributed by atoms with Crippen LogP contribution in [0.1, 0.15) is 12.8 Å². The molecule has 0 N–H and O–H groups in total. The summed E-state index contributed by atoms with van der Waals surface area (Å²) in [4.78, 5) is 41.1. The van der Waals surface area contributed by atoms with Gasteiger partial charge >= 0.3 is 0 Å². The van der Waals surface area contributed by atoms with Gasteiger partial charge in [0, 0.05) is 27.3 Å². The van der Waals surface area contributed by atoms with Crippen molar-refractivity contribution in [3.63, 3.8) is 0 Å². The Labute approximate surface area is 165 Å². The monoisotopic (exact) mass is 419 g/mol. The summed E-state index contributed by atoms with van der Waals surface area (Å²) in [6, 6.07) is 0. The fourth-order valence-corrected chi connectivity index (χ4v) is 7.33. The lowest BCUT2D eigenvalue weighted by molar-refractivity contribution is 0.561. The first-order valence-electron chi connectivity index (χ1n) is 7.83. The highest BCUT2D eigenvalue weighted by molar-refractivity contribution is 8.07. The average molecular weight is 420 g/mol. The van der Waals surface area contributed by atoms with Gasteiger partial charge in [-0.1, -0.05) is 0 Å². The maximum absolute atomic E-state index is 10.2. The number of aliphatic imine (C=N–C) groups is 3. The summed E-state index contributed by atoms with van der Waals surface area (Å²) in [6.07, 6.45) is 6.87. The molecule has 0 spiro atoms. The molecule has 0 bridgehead atoms. The average Bonchev–Trinajstić information content (AvgIpc) is 2.64. The fraction of sp³-hybridized carbons (Fsp3) is 0.800. The normalized spacial score (nSPS) is 20.6. The Kier molecular flexibility index (Phi) is 14.2. The molecule has 2 atom stereocenters. The number of thioether (sulfide) groups is 4. The Morgan fingerprint density at radius 1 is 0.880 bits per heavy atom. The van der Waals surface area contributed by atoms with Gasteiger partial charge in [0.2, 0.25) is 18.2 Å². The van der Waals surface area contributed by atoms with Crippen molar-refractivity contribution < 1.29 is 14.4 Å². The molecule has 1 fully saturated rings. The first-order chi connectivity index (χ1) is 12.3. The van der Waals surface area contributed by atoms with E-state index in [0.717, 1.165) is 35.9 Å². The standard InChI is InChI=1S/C15H21N3O3S4/c19-9-16-5-15(6-17-10-20)23-4-2-14-8-24-13(7-25-14)1-3-22-12-18-11-21/h13-15H,1-8,12H2. The Morgan fingerprint density at radius 3 is 1.96 bits per heavy atom. The molecule has 1 aliphatic heterocycles. The zero-order valence-electron chi connectivity index (χ0n) is 13.8. The molecule has 1 rings (SSSR count). The molecule has 0 radical (unpaired) electrons. The van der Waals surface area contributed by atoms with Crippen molar-refractivity contribution >= 4 is 65.3 Å². The molecule has 6 nitrogen and oxygen atoms in total. The van der Waals surface area contributed by atoms with Gasteiger partial charge in [0.05, 0.1) is 19.0 Å². The molecule has 1 heterocycles. The molecule has 1 aliphatic rings. The van der Waals surface area contributed by atoms with E-state index in [9.17, 15) is 14.4 Å². The van der Waals surface area contributed by atoms with Crippen LogP contribution in [0.4, 0.5) is 0 Å². The summed E-state index contributed by atoms with van der Waals surface area (Å²) < 4.78 is 0. The minimum atomic E-state index is 0.0444. The first-order valence-corrected chi connectivity index (χ1v) is 12.1. The van der Waals surface area contributed by atoms with Crippen LogP contribution in [0.3, 0.4) is 0 Å². The second-order valence-electron chi connectivity index (χ2n) is 5.13. The van der Waals surface area contributed by atoms with Crippen molar-refractivity contribution in [3.8, 4) is 0 Å². The molecule has 138 valence electrons. The van der Waals surface area contributed by atoms with Gasteiger partial charge in [-0.15, -0.1) is 11.8 Å². The third-order valence-corrected chi connectivity index (χ3v) is 8.79. The van der Waals surface area contributed by atoms with E-state index in [4.69, 9.17) is 0 Å². The van der Waals surface area contributed by atoms with E-state index in [-0.39, 0.29) is 5.25 Å². The molecule has 25 heavy (non-hydrogen) atoms. The van der Waals surface area contributed by atoms with Crippen LogP contribution in [-0.2, 0) is 14.4 Å². The Balaban J connectivity index is 2.15. The van der Waals surface area contributed by atoms with Crippen LogP contribution in [0, 0.1) is 0 Å². The van der Waals surface area contributed by atoms with E-state index >= 15 is 0 Å². The first kappa shape index (κ1) is 22.6. The quantitative estimate of drug-likeness (QED) is 0.258. The smallest absolute Gasteiger partial charge is 0.211 e. The highest BCUT2D eigenvalue weighted by Gasteiger charge is 2.22. The van der Waals surface area contributed by atoms with Crippen molar-refractivity contribution in [1.29, 1.82) is 0 Å². The molecule has 0 aliphatic carbocycles. The van der Waals surface area contributed by atoms with E-state index in [1.54, 1.807) is 29.6 Å². The number of isocyanates is 3. The molecule has 1 saturated heterocycles. The molecule has 0 aromatic carbocycles. The van der Waals surface area contributed by atoms with E-state index in [2.05, 4.69) is 15.0 Å². The largest absolute Gasteiger partial charge is 0.235 e. The van der Waals surface area contributed by atoms with Gasteiger partial charge in [-0.05, 0) is 24.3 Å². The van der Waals surface area contributed by atoms with Crippen LogP contribution < -0.4 is 0 Å². The topological polar surface area (TPSA) is 88.3 Å². The minimum absolute atomic E-state index is 0.0444. The second kappa shape index (κ2) is 15.8.